The van der Waals surface area contributed by atoms with Gasteiger partial charge in [0, 0.05) is 0 Å². The van der Waals surface area contributed by atoms with Crippen LogP contribution in [0.5, 0.6) is 0 Å². The van der Waals surface area contributed by atoms with Crippen LogP contribution in [0.15, 0.2) is 0 Å². The summed E-state index contributed by atoms with van der Waals surface area (Å²) in [4.78, 5) is 21.5. The lowest BCUT2D eigenvalue weighted by molar-refractivity contribution is -0.145. The largest absolute Gasteiger partial charge is 0.480 e. The van der Waals surface area contributed by atoms with Gasteiger partial charge < -0.3 is 26.4 Å². The third-order valence-corrected chi connectivity index (χ3v) is 1.58. The number of hydrogen-bond acceptors (Lipinski definition) is 5. The van der Waals surface area contributed by atoms with Crippen molar-refractivity contribution in [3.63, 3.8) is 0 Å². The number of nitrogens with one attached hydrogen (secondary N) is 1. The fourth-order valence-electron chi connectivity index (χ4n) is 0.732. The summed E-state index contributed by atoms with van der Waals surface area (Å²) in [7, 11) is 0. The van der Waals surface area contributed by atoms with Gasteiger partial charge in [-0.05, 0) is 6.92 Å². The van der Waals surface area contributed by atoms with E-state index in [9.17, 15) is 9.59 Å². The van der Waals surface area contributed by atoms with E-state index in [0.29, 0.717) is 0 Å². The number of aliphatic carboxylic acids is 1. The third-order valence-electron chi connectivity index (χ3n) is 1.58. The van der Waals surface area contributed by atoms with Gasteiger partial charge in [0.05, 0.1) is 12.7 Å². The van der Waals surface area contributed by atoms with E-state index in [1.165, 1.54) is 6.92 Å². The number of carboxylic acids is 1. The highest BCUT2D eigenvalue weighted by Crippen LogP contribution is 1.93. The number of nitrogens with two attached hydrogens (primary N) is 1. The minimum atomic E-state index is -1.42. The van der Waals surface area contributed by atoms with Crippen LogP contribution < -0.4 is 11.1 Å². The van der Waals surface area contributed by atoms with Crippen molar-refractivity contribution in [3.8, 4) is 0 Å². The Morgan fingerprint density at radius 3 is 2.29 bits per heavy atom. The summed E-state index contributed by atoms with van der Waals surface area (Å²) in [6.07, 6.45) is -1.23. The highest BCUT2D eigenvalue weighted by molar-refractivity contribution is 5.87. The van der Waals surface area contributed by atoms with Crippen LogP contribution in [-0.4, -0.2) is 52.0 Å². The first-order valence-electron chi connectivity index (χ1n) is 3.97. The SMILES string of the molecule is CC(O)C(NC(=O)C(N)CO)C(=O)O. The van der Waals surface area contributed by atoms with E-state index < -0.39 is 36.7 Å². The highest BCUT2D eigenvalue weighted by atomic mass is 16.4. The second-order valence-electron chi connectivity index (χ2n) is 2.85. The molecule has 0 aliphatic rings. The van der Waals surface area contributed by atoms with Crippen molar-refractivity contribution in [1.82, 2.24) is 5.32 Å². The van der Waals surface area contributed by atoms with Crippen LogP contribution in [0.25, 0.3) is 0 Å². The van der Waals surface area contributed by atoms with Gasteiger partial charge in [-0.3, -0.25) is 4.79 Å². The second kappa shape index (κ2) is 5.53. The summed E-state index contributed by atoms with van der Waals surface area (Å²) in [5.74, 6) is -2.18. The zero-order chi connectivity index (χ0) is 11.3. The second-order valence-corrected chi connectivity index (χ2v) is 2.85. The lowest BCUT2D eigenvalue weighted by Gasteiger charge is -2.18. The summed E-state index contributed by atoms with van der Waals surface area (Å²) in [5, 5.41) is 28.0. The molecule has 0 saturated carbocycles. The topological polar surface area (TPSA) is 133 Å². The predicted octanol–water partition coefficient (Wildman–Crippen LogP) is -2.74. The van der Waals surface area contributed by atoms with Crippen LogP contribution in [0, 0.1) is 0 Å². The average Bonchev–Trinajstić information content (AvgIpc) is 2.11. The number of amides is 1. The number of hydrogen-bond donors (Lipinski definition) is 5. The Labute approximate surface area is 80.5 Å². The van der Waals surface area contributed by atoms with E-state index in [1.807, 2.05) is 5.32 Å². The number of carboxylic acid groups (broad SMARTS) is 1. The Hall–Kier alpha value is -1.18. The first-order valence-corrected chi connectivity index (χ1v) is 3.97. The van der Waals surface area contributed by atoms with Crippen LogP contribution in [0.1, 0.15) is 6.92 Å². The van der Waals surface area contributed by atoms with Crippen molar-refractivity contribution in [2.24, 2.45) is 5.73 Å². The van der Waals surface area contributed by atoms with Gasteiger partial charge in [0.15, 0.2) is 6.04 Å². The number of aliphatic hydroxyl groups excluding tert-OH is 2. The van der Waals surface area contributed by atoms with Crippen molar-refractivity contribution in [2.75, 3.05) is 6.61 Å². The fraction of sp³-hybridized carbons (Fsp3) is 0.714. The highest BCUT2D eigenvalue weighted by Gasteiger charge is 2.26. The maximum Gasteiger partial charge on any atom is 0.328 e. The molecule has 14 heavy (non-hydrogen) atoms. The lowest BCUT2D eigenvalue weighted by Crippen LogP contribution is -2.53. The molecule has 0 aromatic heterocycles. The van der Waals surface area contributed by atoms with Crippen molar-refractivity contribution in [2.45, 2.75) is 25.1 Å². The summed E-state index contributed by atoms with van der Waals surface area (Å²) in [6.45, 7) is 0.640. The molecular formula is C7H14N2O5. The normalized spacial score (nSPS) is 16.9. The molecule has 6 N–H and O–H groups in total. The summed E-state index contributed by atoms with van der Waals surface area (Å²) >= 11 is 0. The number of carbonyl (C=O) groups excluding carboxylic acids is 1. The molecule has 0 aromatic rings. The van der Waals surface area contributed by atoms with E-state index in [1.54, 1.807) is 0 Å². The minimum Gasteiger partial charge on any atom is -0.480 e. The standard InChI is InChI=1S/C7H14N2O5/c1-3(11)5(7(13)14)9-6(12)4(8)2-10/h3-5,10-11H,2,8H2,1H3,(H,9,12)(H,13,14). The van der Waals surface area contributed by atoms with Gasteiger partial charge in [0.1, 0.15) is 6.04 Å². The van der Waals surface area contributed by atoms with Gasteiger partial charge in [-0.15, -0.1) is 0 Å². The fourth-order valence-corrected chi connectivity index (χ4v) is 0.732. The summed E-state index contributed by atoms with van der Waals surface area (Å²) in [5.41, 5.74) is 5.13. The third kappa shape index (κ3) is 3.69. The van der Waals surface area contributed by atoms with Crippen LogP contribution in [-0.2, 0) is 9.59 Å². The minimum absolute atomic E-state index is 0.585. The Morgan fingerprint density at radius 2 is 2.00 bits per heavy atom. The van der Waals surface area contributed by atoms with Gasteiger partial charge >= 0.3 is 5.97 Å². The first kappa shape index (κ1) is 12.8. The molecule has 0 heterocycles. The van der Waals surface area contributed by atoms with Gasteiger partial charge in [-0.2, -0.15) is 0 Å². The van der Waals surface area contributed by atoms with Gasteiger partial charge in [-0.25, -0.2) is 4.79 Å². The maximum atomic E-state index is 11.0. The molecule has 1 amide bonds. The Kier molecular flexibility index (Phi) is 5.06. The van der Waals surface area contributed by atoms with E-state index in [0.717, 1.165) is 0 Å². The van der Waals surface area contributed by atoms with Crippen molar-refractivity contribution in [1.29, 1.82) is 0 Å². The van der Waals surface area contributed by atoms with Gasteiger partial charge in [-0.1, -0.05) is 0 Å². The number of rotatable bonds is 5. The van der Waals surface area contributed by atoms with Crippen molar-refractivity contribution < 1.29 is 24.9 Å². The van der Waals surface area contributed by atoms with Crippen LogP contribution >= 0.6 is 0 Å². The molecule has 0 aliphatic carbocycles. The molecule has 0 radical (unpaired) electrons. The average molecular weight is 206 g/mol. The molecule has 0 spiro atoms. The van der Waals surface area contributed by atoms with Crippen LogP contribution in [0.3, 0.4) is 0 Å². The zero-order valence-corrected chi connectivity index (χ0v) is 7.67. The molecule has 0 aliphatic heterocycles. The molecule has 82 valence electrons. The molecule has 0 fully saturated rings. The van der Waals surface area contributed by atoms with Crippen molar-refractivity contribution in [3.05, 3.63) is 0 Å². The Balaban J connectivity index is 4.31. The van der Waals surface area contributed by atoms with Gasteiger partial charge in [0.25, 0.3) is 0 Å². The summed E-state index contributed by atoms with van der Waals surface area (Å²) in [6, 6.07) is -2.60. The molecule has 0 saturated heterocycles. The molecule has 7 heteroatoms. The molecule has 0 aromatic carbocycles. The predicted molar refractivity (Wildman–Crippen MR) is 46.3 cm³/mol. The number of aliphatic hydroxyl groups is 2. The van der Waals surface area contributed by atoms with E-state index >= 15 is 0 Å². The molecule has 0 rings (SSSR count). The van der Waals surface area contributed by atoms with E-state index in [4.69, 9.17) is 21.1 Å². The number of carbonyl (C=O) groups is 2. The van der Waals surface area contributed by atoms with Crippen molar-refractivity contribution >= 4 is 11.9 Å². The first-order chi connectivity index (χ1) is 6.40. The quantitative estimate of drug-likeness (QED) is 0.331. The Morgan fingerprint density at radius 1 is 1.50 bits per heavy atom. The monoisotopic (exact) mass is 206 g/mol. The molecule has 7 nitrogen and oxygen atoms in total. The summed E-state index contributed by atoms with van der Waals surface area (Å²) < 4.78 is 0. The van der Waals surface area contributed by atoms with Gasteiger partial charge in [0.2, 0.25) is 5.91 Å². The zero-order valence-electron chi connectivity index (χ0n) is 7.67. The van der Waals surface area contributed by atoms with Crippen LogP contribution in [0.4, 0.5) is 0 Å². The van der Waals surface area contributed by atoms with E-state index in [2.05, 4.69) is 0 Å². The molecule has 3 unspecified atom stereocenters. The van der Waals surface area contributed by atoms with Crippen LogP contribution in [0.2, 0.25) is 0 Å². The Bertz CT molecular complexity index is 218. The maximum absolute atomic E-state index is 11.0. The smallest absolute Gasteiger partial charge is 0.328 e. The molecular weight excluding hydrogens is 192 g/mol. The van der Waals surface area contributed by atoms with E-state index in [-0.39, 0.29) is 0 Å². The molecule has 3 atom stereocenters. The molecule has 0 bridgehead atoms. The lowest BCUT2D eigenvalue weighted by atomic mass is 10.1.